The molecule has 1 atom stereocenters. The van der Waals surface area contributed by atoms with Crippen LogP contribution in [0.4, 0.5) is 13.2 Å². The quantitative estimate of drug-likeness (QED) is 0.820. The van der Waals surface area contributed by atoms with Crippen molar-refractivity contribution in [1.82, 2.24) is 5.32 Å². The zero-order valence-electron chi connectivity index (χ0n) is 10.6. The summed E-state index contributed by atoms with van der Waals surface area (Å²) in [7, 11) is 0. The number of amides is 1. The molecule has 0 heterocycles. The molecule has 106 valence electrons. The average Bonchev–Trinajstić information content (AvgIpc) is 2.18. The van der Waals surface area contributed by atoms with Gasteiger partial charge in [-0.15, -0.1) is 0 Å². The fourth-order valence-corrected chi connectivity index (χ4v) is 2.39. The van der Waals surface area contributed by atoms with Crippen LogP contribution < -0.4 is 11.1 Å². The van der Waals surface area contributed by atoms with E-state index in [4.69, 9.17) is 5.73 Å². The Labute approximate surface area is 105 Å². The molecule has 0 spiro atoms. The average molecular weight is 266 g/mol. The van der Waals surface area contributed by atoms with Gasteiger partial charge in [-0.1, -0.05) is 0 Å². The van der Waals surface area contributed by atoms with E-state index in [0.717, 1.165) is 25.7 Å². The first kappa shape index (κ1) is 15.3. The molecule has 0 aromatic carbocycles. The lowest BCUT2D eigenvalue weighted by atomic mass is 9.84. The van der Waals surface area contributed by atoms with E-state index in [1.807, 2.05) is 0 Å². The molecule has 0 bridgehead atoms. The van der Waals surface area contributed by atoms with Gasteiger partial charge in [0.1, 0.15) is 0 Å². The fourth-order valence-electron chi connectivity index (χ4n) is 2.39. The Kier molecular flexibility index (Phi) is 5.44. The van der Waals surface area contributed by atoms with Gasteiger partial charge in [-0.3, -0.25) is 4.79 Å². The number of hydrogen-bond donors (Lipinski definition) is 2. The van der Waals surface area contributed by atoms with Gasteiger partial charge in [0, 0.05) is 18.5 Å². The Morgan fingerprint density at radius 1 is 1.33 bits per heavy atom. The topological polar surface area (TPSA) is 55.1 Å². The summed E-state index contributed by atoms with van der Waals surface area (Å²) in [5.74, 6) is -0.0184. The van der Waals surface area contributed by atoms with E-state index in [2.05, 4.69) is 5.32 Å². The number of hydrogen-bond acceptors (Lipinski definition) is 2. The van der Waals surface area contributed by atoms with E-state index in [-0.39, 0.29) is 17.9 Å². The second-order valence-electron chi connectivity index (χ2n) is 5.27. The second kappa shape index (κ2) is 6.41. The molecule has 1 saturated carbocycles. The molecule has 0 aliphatic heterocycles. The molecule has 0 radical (unpaired) electrons. The molecule has 3 nitrogen and oxygen atoms in total. The Bertz CT molecular complexity index is 273. The van der Waals surface area contributed by atoms with Crippen molar-refractivity contribution >= 4 is 5.91 Å². The van der Waals surface area contributed by atoms with Crippen molar-refractivity contribution < 1.29 is 18.0 Å². The minimum Gasteiger partial charge on any atom is -0.353 e. The van der Waals surface area contributed by atoms with Gasteiger partial charge in [0.15, 0.2) is 0 Å². The van der Waals surface area contributed by atoms with Crippen LogP contribution in [0.3, 0.4) is 0 Å². The third-order valence-corrected chi connectivity index (χ3v) is 3.31. The summed E-state index contributed by atoms with van der Waals surface area (Å²) < 4.78 is 36.3. The molecular formula is C12H21F3N2O. The molecule has 0 aromatic rings. The Balaban J connectivity index is 2.25. The molecule has 1 rings (SSSR count). The number of rotatable bonds is 4. The summed E-state index contributed by atoms with van der Waals surface area (Å²) in [6.07, 6.45) is -1.32. The minimum absolute atomic E-state index is 0.216. The van der Waals surface area contributed by atoms with Crippen LogP contribution >= 0.6 is 0 Å². The van der Waals surface area contributed by atoms with Gasteiger partial charge in [0.05, 0.1) is 6.42 Å². The van der Waals surface area contributed by atoms with Gasteiger partial charge in [-0.05, 0) is 38.5 Å². The maximum Gasteiger partial charge on any atom is 0.391 e. The maximum absolute atomic E-state index is 12.1. The van der Waals surface area contributed by atoms with Crippen LogP contribution in [0, 0.1) is 5.92 Å². The number of nitrogens with one attached hydrogen (secondary N) is 1. The van der Waals surface area contributed by atoms with Crippen molar-refractivity contribution in [2.24, 2.45) is 11.7 Å². The smallest absolute Gasteiger partial charge is 0.353 e. The highest BCUT2D eigenvalue weighted by molar-refractivity contribution is 5.76. The van der Waals surface area contributed by atoms with Crippen LogP contribution in [0.15, 0.2) is 0 Å². The van der Waals surface area contributed by atoms with Crippen LogP contribution in [-0.2, 0) is 4.79 Å². The lowest BCUT2D eigenvalue weighted by Gasteiger charge is -2.26. The zero-order valence-corrected chi connectivity index (χ0v) is 10.6. The second-order valence-corrected chi connectivity index (χ2v) is 5.27. The molecule has 0 saturated heterocycles. The number of carbonyl (C=O) groups excluding carboxylic acids is 1. The SMILES string of the molecule is CC(CC(F)(F)F)NC(=O)CC1CCC(N)CC1. The largest absolute Gasteiger partial charge is 0.391 e. The van der Waals surface area contributed by atoms with Gasteiger partial charge < -0.3 is 11.1 Å². The van der Waals surface area contributed by atoms with Crippen molar-refractivity contribution in [1.29, 1.82) is 0 Å². The molecule has 18 heavy (non-hydrogen) atoms. The molecule has 1 unspecified atom stereocenters. The van der Waals surface area contributed by atoms with Gasteiger partial charge in [0.25, 0.3) is 0 Å². The fraction of sp³-hybridized carbons (Fsp3) is 0.917. The highest BCUT2D eigenvalue weighted by Gasteiger charge is 2.31. The predicted octanol–water partition coefficient (Wildman–Crippen LogP) is 2.35. The van der Waals surface area contributed by atoms with Crippen molar-refractivity contribution in [2.75, 3.05) is 0 Å². The van der Waals surface area contributed by atoms with Crippen LogP contribution in [-0.4, -0.2) is 24.2 Å². The lowest BCUT2D eigenvalue weighted by molar-refractivity contribution is -0.141. The monoisotopic (exact) mass is 266 g/mol. The first-order valence-corrected chi connectivity index (χ1v) is 6.38. The van der Waals surface area contributed by atoms with Gasteiger partial charge in [-0.25, -0.2) is 0 Å². The normalized spacial score (nSPS) is 26.7. The van der Waals surface area contributed by atoms with Crippen LogP contribution in [0.25, 0.3) is 0 Å². The summed E-state index contributed by atoms with van der Waals surface area (Å²) in [5, 5.41) is 2.40. The first-order valence-electron chi connectivity index (χ1n) is 6.38. The molecule has 0 aromatic heterocycles. The lowest BCUT2D eigenvalue weighted by Crippen LogP contribution is -2.37. The third-order valence-electron chi connectivity index (χ3n) is 3.31. The van der Waals surface area contributed by atoms with E-state index in [9.17, 15) is 18.0 Å². The Morgan fingerprint density at radius 2 is 1.89 bits per heavy atom. The summed E-state index contributed by atoms with van der Waals surface area (Å²) in [4.78, 5) is 11.6. The zero-order chi connectivity index (χ0) is 13.8. The summed E-state index contributed by atoms with van der Waals surface area (Å²) in [6, 6.07) is -0.642. The standard InChI is InChI=1S/C12H21F3N2O/c1-8(7-12(13,14)15)17-11(18)6-9-2-4-10(16)5-3-9/h8-10H,2-7,16H2,1H3,(H,17,18). The predicted molar refractivity (Wildman–Crippen MR) is 62.8 cm³/mol. The maximum atomic E-state index is 12.1. The van der Waals surface area contributed by atoms with Crippen LogP contribution in [0.1, 0.15) is 45.4 Å². The number of nitrogens with two attached hydrogens (primary N) is 1. The Morgan fingerprint density at radius 3 is 2.39 bits per heavy atom. The molecular weight excluding hydrogens is 245 g/mol. The van der Waals surface area contributed by atoms with E-state index in [1.54, 1.807) is 0 Å². The number of halogens is 3. The van der Waals surface area contributed by atoms with Crippen molar-refractivity contribution in [2.45, 2.75) is 63.7 Å². The molecule has 1 aliphatic carbocycles. The first-order chi connectivity index (χ1) is 8.26. The molecule has 1 fully saturated rings. The van der Waals surface area contributed by atoms with E-state index >= 15 is 0 Å². The molecule has 3 N–H and O–H groups in total. The van der Waals surface area contributed by atoms with Gasteiger partial charge >= 0.3 is 6.18 Å². The van der Waals surface area contributed by atoms with Gasteiger partial charge in [0.2, 0.25) is 5.91 Å². The van der Waals surface area contributed by atoms with Gasteiger partial charge in [-0.2, -0.15) is 13.2 Å². The van der Waals surface area contributed by atoms with Crippen molar-refractivity contribution in [3.8, 4) is 0 Å². The Hall–Kier alpha value is -0.780. The minimum atomic E-state index is -4.23. The number of alkyl halides is 3. The third kappa shape index (κ3) is 6.23. The summed E-state index contributed by atoms with van der Waals surface area (Å²) >= 11 is 0. The van der Waals surface area contributed by atoms with Crippen molar-refractivity contribution in [3.63, 3.8) is 0 Å². The van der Waals surface area contributed by atoms with Crippen LogP contribution in [0.5, 0.6) is 0 Å². The molecule has 1 amide bonds. The molecule has 1 aliphatic rings. The van der Waals surface area contributed by atoms with Crippen molar-refractivity contribution in [3.05, 3.63) is 0 Å². The van der Waals surface area contributed by atoms with E-state index < -0.39 is 18.6 Å². The number of carbonyl (C=O) groups is 1. The summed E-state index contributed by atoms with van der Waals surface area (Å²) in [6.45, 7) is 1.38. The summed E-state index contributed by atoms with van der Waals surface area (Å²) in [5.41, 5.74) is 5.75. The van der Waals surface area contributed by atoms with E-state index in [1.165, 1.54) is 6.92 Å². The van der Waals surface area contributed by atoms with Crippen LogP contribution in [0.2, 0.25) is 0 Å². The van der Waals surface area contributed by atoms with E-state index in [0.29, 0.717) is 6.42 Å². The highest BCUT2D eigenvalue weighted by atomic mass is 19.4. The highest BCUT2D eigenvalue weighted by Crippen LogP contribution is 2.26. The molecule has 6 heteroatoms.